The maximum atomic E-state index is 11.5. The number of primary amides is 1. The first kappa shape index (κ1) is 32.2. The van der Waals surface area contributed by atoms with Gasteiger partial charge in [0.1, 0.15) is 5.75 Å². The minimum absolute atomic E-state index is 0.00222. The van der Waals surface area contributed by atoms with Crippen LogP contribution < -0.4 is 11.1 Å². The van der Waals surface area contributed by atoms with Gasteiger partial charge in [-0.25, -0.2) is 4.79 Å². The lowest BCUT2D eigenvalue weighted by Gasteiger charge is -2.34. The van der Waals surface area contributed by atoms with E-state index < -0.39 is 18.2 Å². The molecule has 0 unspecified atom stereocenters. The second-order valence-electron chi connectivity index (χ2n) is 10.4. The fourth-order valence-electron chi connectivity index (χ4n) is 4.64. The lowest BCUT2D eigenvalue weighted by Crippen LogP contribution is -2.50. The summed E-state index contributed by atoms with van der Waals surface area (Å²) in [6.07, 6.45) is 14.7. The van der Waals surface area contributed by atoms with Crippen LogP contribution >= 0.6 is 0 Å². The van der Waals surface area contributed by atoms with Gasteiger partial charge in [-0.2, -0.15) is 0 Å². The molecule has 0 saturated carbocycles. The molecule has 0 aliphatic rings. The quantitative estimate of drug-likeness (QED) is 0.148. The summed E-state index contributed by atoms with van der Waals surface area (Å²) in [4.78, 5) is 11.5. The molecular weight excluding hydrogens is 464 g/mol. The van der Waals surface area contributed by atoms with Crippen molar-refractivity contribution in [3.63, 3.8) is 0 Å². The van der Waals surface area contributed by atoms with Crippen LogP contribution in [0, 0.1) is 29.6 Å². The molecule has 1 rings (SSSR count). The van der Waals surface area contributed by atoms with Crippen LogP contribution in [0.4, 0.5) is 4.79 Å². The highest BCUT2D eigenvalue weighted by molar-refractivity contribution is 5.72. The predicted octanol–water partition coefficient (Wildman–Crippen LogP) is 5.51. The van der Waals surface area contributed by atoms with E-state index in [1.165, 1.54) is 0 Å². The smallest absolute Gasteiger partial charge is 0.312 e. The minimum atomic E-state index is -0.644. The number of nitrogens with two attached hydrogens (primary N) is 1. The third kappa shape index (κ3) is 11.8. The van der Waals surface area contributed by atoms with Gasteiger partial charge in [0.25, 0.3) is 0 Å². The van der Waals surface area contributed by atoms with Crippen molar-refractivity contribution < 1.29 is 20.1 Å². The third-order valence-electron chi connectivity index (χ3n) is 7.09. The number of aryl methyl sites for hydroxylation is 1. The average molecular weight is 513 g/mol. The van der Waals surface area contributed by atoms with Gasteiger partial charge in [0.15, 0.2) is 0 Å². The monoisotopic (exact) mass is 512 g/mol. The molecule has 6 heteroatoms. The van der Waals surface area contributed by atoms with Gasteiger partial charge in [-0.3, -0.25) is 0 Å². The zero-order valence-corrected chi connectivity index (χ0v) is 23.1. The first-order chi connectivity index (χ1) is 17.5. The van der Waals surface area contributed by atoms with Gasteiger partial charge in [-0.15, -0.1) is 0 Å². The number of hydrogen-bond acceptors (Lipinski definition) is 4. The molecule has 0 saturated heterocycles. The van der Waals surface area contributed by atoms with E-state index in [9.17, 15) is 20.1 Å². The van der Waals surface area contributed by atoms with Crippen LogP contribution in [-0.2, 0) is 6.42 Å². The number of amides is 2. The normalized spacial score (nSPS) is 18.8. The lowest BCUT2D eigenvalue weighted by molar-refractivity contribution is 0.0438. The number of aliphatic hydroxyl groups is 2. The number of carbonyl (C=O) groups excluding carboxylic acids is 1. The van der Waals surface area contributed by atoms with Gasteiger partial charge < -0.3 is 26.4 Å². The Bertz CT molecular complexity index is 910. The predicted molar refractivity (Wildman–Crippen MR) is 153 cm³/mol. The Morgan fingerprint density at radius 2 is 1.65 bits per heavy atom. The van der Waals surface area contributed by atoms with E-state index >= 15 is 0 Å². The number of benzene rings is 1. The molecule has 0 radical (unpaired) electrons. The van der Waals surface area contributed by atoms with Crippen molar-refractivity contribution >= 4 is 6.03 Å². The van der Waals surface area contributed by atoms with E-state index in [0.717, 1.165) is 18.4 Å². The Kier molecular flexibility index (Phi) is 14.6. The molecule has 0 bridgehead atoms. The second kappa shape index (κ2) is 16.8. The van der Waals surface area contributed by atoms with Crippen LogP contribution in [0.15, 0.2) is 73.4 Å². The highest BCUT2D eigenvalue weighted by Crippen LogP contribution is 2.25. The minimum Gasteiger partial charge on any atom is -0.508 e. The summed E-state index contributed by atoms with van der Waals surface area (Å²) in [6.45, 7) is 13.5. The molecule has 8 atom stereocenters. The number of hydrogen-bond donors (Lipinski definition) is 5. The summed E-state index contributed by atoms with van der Waals surface area (Å²) in [5.74, 6) is -0.0492. The first-order valence-electron chi connectivity index (χ1n) is 13.3. The standard InChI is InChI=1S/C31H48N2O4/c1-7-8-13-21(2)28(33-31(32)37)25(6)30(36)24(5)16-11-15-23(4)29(35)22(3)14-9-10-17-26-18-12-19-27(34)20-26/h7-9,11-15,18-25,28-30,34-36H,1,10,16-17H2,2-6H3,(H3,32,33,37)/b13-8-,14-9-,15-11-/t21-,22-,23-,24-,25+,28-,29-,30+/m0/s1. The fourth-order valence-corrected chi connectivity index (χ4v) is 4.64. The molecule has 0 heterocycles. The number of phenols is 1. The zero-order valence-electron chi connectivity index (χ0n) is 23.1. The van der Waals surface area contributed by atoms with Crippen molar-refractivity contribution in [2.24, 2.45) is 35.3 Å². The molecule has 0 aromatic heterocycles. The number of carbonyl (C=O) groups is 1. The molecule has 1 aromatic rings. The second-order valence-corrected chi connectivity index (χ2v) is 10.4. The average Bonchev–Trinajstić information content (AvgIpc) is 2.86. The van der Waals surface area contributed by atoms with Crippen molar-refractivity contribution in [3.05, 3.63) is 78.9 Å². The molecule has 0 aliphatic heterocycles. The van der Waals surface area contributed by atoms with E-state index in [4.69, 9.17) is 5.73 Å². The molecular formula is C31H48N2O4. The van der Waals surface area contributed by atoms with Crippen LogP contribution in [-0.4, -0.2) is 39.6 Å². The van der Waals surface area contributed by atoms with Gasteiger partial charge in [0.05, 0.1) is 12.2 Å². The van der Waals surface area contributed by atoms with Crippen molar-refractivity contribution in [2.45, 2.75) is 72.1 Å². The molecule has 0 aliphatic carbocycles. The van der Waals surface area contributed by atoms with Crippen LogP contribution in [0.3, 0.4) is 0 Å². The Labute approximate surface area is 223 Å². The number of rotatable bonds is 16. The van der Waals surface area contributed by atoms with E-state index in [-0.39, 0.29) is 41.4 Å². The lowest BCUT2D eigenvalue weighted by atomic mass is 9.81. The first-order valence-corrected chi connectivity index (χ1v) is 13.3. The topological polar surface area (TPSA) is 116 Å². The number of urea groups is 1. The third-order valence-corrected chi connectivity index (χ3v) is 7.09. The summed E-state index contributed by atoms with van der Waals surface area (Å²) in [5.41, 5.74) is 6.47. The van der Waals surface area contributed by atoms with Gasteiger partial charge in [0.2, 0.25) is 0 Å². The van der Waals surface area contributed by atoms with Crippen molar-refractivity contribution in [1.82, 2.24) is 5.32 Å². The number of aromatic hydroxyl groups is 1. The Balaban J connectivity index is 2.60. The Morgan fingerprint density at radius 3 is 2.24 bits per heavy atom. The van der Waals surface area contributed by atoms with Crippen LogP contribution in [0.1, 0.15) is 53.0 Å². The molecule has 37 heavy (non-hydrogen) atoms. The maximum Gasteiger partial charge on any atom is 0.312 e. The molecule has 206 valence electrons. The maximum absolute atomic E-state index is 11.5. The van der Waals surface area contributed by atoms with Crippen molar-refractivity contribution in [1.29, 1.82) is 0 Å². The van der Waals surface area contributed by atoms with Gasteiger partial charge in [-0.05, 0) is 48.8 Å². The molecule has 1 aromatic carbocycles. The number of allylic oxidation sites excluding steroid dienone is 4. The summed E-state index contributed by atoms with van der Waals surface area (Å²) < 4.78 is 0. The summed E-state index contributed by atoms with van der Waals surface area (Å²) in [5, 5.41) is 34.1. The highest BCUT2D eigenvalue weighted by Gasteiger charge is 2.31. The van der Waals surface area contributed by atoms with Crippen LogP contribution in [0.5, 0.6) is 5.75 Å². The Hall–Kier alpha value is -2.83. The largest absolute Gasteiger partial charge is 0.508 e. The van der Waals surface area contributed by atoms with E-state index in [1.807, 2.05) is 77.1 Å². The molecule has 6 nitrogen and oxygen atoms in total. The highest BCUT2D eigenvalue weighted by atomic mass is 16.3. The molecule has 6 N–H and O–H groups in total. The number of aliphatic hydroxyl groups excluding tert-OH is 2. The molecule has 0 fully saturated rings. The van der Waals surface area contributed by atoms with Gasteiger partial charge >= 0.3 is 6.03 Å². The SMILES string of the molecule is C=C/C=C\[C@H](C)[C@H](NC(N)=O)[C@@H](C)[C@H](O)[C@@H](C)C/C=C\[C@H](C)[C@@H](O)[C@@H](C)/C=C\CCc1cccc(O)c1. The van der Waals surface area contributed by atoms with E-state index in [2.05, 4.69) is 18.0 Å². The Morgan fingerprint density at radius 1 is 1.00 bits per heavy atom. The number of nitrogens with one attached hydrogen (secondary N) is 1. The van der Waals surface area contributed by atoms with Crippen LogP contribution in [0.25, 0.3) is 0 Å². The van der Waals surface area contributed by atoms with E-state index in [1.54, 1.807) is 18.2 Å². The fraction of sp³-hybridized carbons (Fsp3) is 0.516. The summed E-state index contributed by atoms with van der Waals surface area (Å²) in [6, 6.07) is 6.35. The van der Waals surface area contributed by atoms with Crippen LogP contribution in [0.2, 0.25) is 0 Å². The molecule has 0 spiro atoms. The number of phenolic OH excluding ortho intramolecular Hbond substituents is 1. The van der Waals surface area contributed by atoms with Crippen molar-refractivity contribution in [2.75, 3.05) is 0 Å². The van der Waals surface area contributed by atoms with Gasteiger partial charge in [0, 0.05) is 23.8 Å². The zero-order chi connectivity index (χ0) is 28.0. The summed E-state index contributed by atoms with van der Waals surface area (Å²) in [7, 11) is 0. The van der Waals surface area contributed by atoms with Crippen molar-refractivity contribution in [3.8, 4) is 5.75 Å². The summed E-state index contributed by atoms with van der Waals surface area (Å²) >= 11 is 0. The van der Waals surface area contributed by atoms with Gasteiger partial charge in [-0.1, -0.05) is 95.9 Å². The van der Waals surface area contributed by atoms with E-state index in [0.29, 0.717) is 6.42 Å². The molecule has 2 amide bonds.